The first-order valence-corrected chi connectivity index (χ1v) is 7.16. The molecule has 0 aromatic carbocycles. The number of rotatable bonds is 3. The highest BCUT2D eigenvalue weighted by Crippen LogP contribution is 2.28. The van der Waals surface area contributed by atoms with Gasteiger partial charge in [0, 0.05) is 19.1 Å². The summed E-state index contributed by atoms with van der Waals surface area (Å²) in [4.78, 5) is 11.2. The zero-order valence-corrected chi connectivity index (χ0v) is 11.6. The van der Waals surface area contributed by atoms with Crippen molar-refractivity contribution in [3.8, 4) is 0 Å². The summed E-state index contributed by atoms with van der Waals surface area (Å²) in [5, 5.41) is 8.44. The van der Waals surface area contributed by atoms with Gasteiger partial charge >= 0.3 is 0 Å². The van der Waals surface area contributed by atoms with Gasteiger partial charge in [-0.1, -0.05) is 12.1 Å². The molecule has 1 aliphatic heterocycles. The number of aromatic nitrogens is 5. The zero-order valence-electron chi connectivity index (χ0n) is 11.6. The van der Waals surface area contributed by atoms with Crippen LogP contribution in [0.5, 0.6) is 0 Å². The van der Waals surface area contributed by atoms with Crippen molar-refractivity contribution in [2.24, 2.45) is 0 Å². The molecule has 3 heterocycles. The van der Waals surface area contributed by atoms with Crippen molar-refractivity contribution < 1.29 is 0 Å². The van der Waals surface area contributed by atoms with Gasteiger partial charge in [0.2, 0.25) is 0 Å². The van der Waals surface area contributed by atoms with Crippen LogP contribution in [0.25, 0.3) is 11.2 Å². The van der Waals surface area contributed by atoms with E-state index in [-0.39, 0.29) is 0 Å². The van der Waals surface area contributed by atoms with Gasteiger partial charge in [-0.05, 0) is 32.6 Å². The van der Waals surface area contributed by atoms with Crippen LogP contribution in [0.4, 0.5) is 5.82 Å². The van der Waals surface area contributed by atoms with E-state index in [2.05, 4.69) is 32.1 Å². The first-order chi connectivity index (χ1) is 9.35. The number of piperidine rings is 1. The average Bonchev–Trinajstić information content (AvgIpc) is 2.90. The van der Waals surface area contributed by atoms with Crippen molar-refractivity contribution in [1.82, 2.24) is 25.0 Å². The van der Waals surface area contributed by atoms with Gasteiger partial charge in [-0.3, -0.25) is 0 Å². The second kappa shape index (κ2) is 5.11. The molecule has 0 spiro atoms. The van der Waals surface area contributed by atoms with Crippen molar-refractivity contribution in [2.75, 3.05) is 11.4 Å². The molecule has 0 N–H and O–H groups in total. The Morgan fingerprint density at radius 1 is 1.26 bits per heavy atom. The average molecular weight is 260 g/mol. The van der Waals surface area contributed by atoms with E-state index in [1.54, 1.807) is 6.33 Å². The van der Waals surface area contributed by atoms with Crippen LogP contribution in [0.15, 0.2) is 6.33 Å². The van der Waals surface area contributed by atoms with Gasteiger partial charge in [0.25, 0.3) is 0 Å². The molecule has 1 saturated heterocycles. The lowest BCUT2D eigenvalue weighted by molar-refractivity contribution is 0.447. The van der Waals surface area contributed by atoms with Gasteiger partial charge in [-0.15, -0.1) is 5.10 Å². The second-order valence-electron chi connectivity index (χ2n) is 5.03. The summed E-state index contributed by atoms with van der Waals surface area (Å²) >= 11 is 0. The minimum Gasteiger partial charge on any atom is -0.352 e. The summed E-state index contributed by atoms with van der Waals surface area (Å²) in [6.07, 6.45) is 6.56. The molecule has 0 aliphatic carbocycles. The fraction of sp³-hybridized carbons (Fsp3) is 0.692. The van der Waals surface area contributed by atoms with Crippen molar-refractivity contribution in [3.63, 3.8) is 0 Å². The number of nitrogens with zero attached hydrogens (tertiary/aromatic N) is 6. The highest BCUT2D eigenvalue weighted by molar-refractivity contribution is 5.82. The van der Waals surface area contributed by atoms with E-state index in [0.29, 0.717) is 6.04 Å². The first-order valence-electron chi connectivity index (χ1n) is 7.16. The fourth-order valence-corrected chi connectivity index (χ4v) is 2.91. The van der Waals surface area contributed by atoms with Gasteiger partial charge in [-0.25, -0.2) is 14.6 Å². The Balaban J connectivity index is 2.06. The molecule has 19 heavy (non-hydrogen) atoms. The second-order valence-corrected chi connectivity index (χ2v) is 5.03. The minimum atomic E-state index is 0.568. The highest BCUT2D eigenvalue weighted by atomic mass is 15.4. The normalized spacial score (nSPS) is 20.1. The van der Waals surface area contributed by atoms with Crippen LogP contribution in [0, 0.1) is 0 Å². The number of aryl methyl sites for hydroxylation is 1. The third-order valence-corrected chi connectivity index (χ3v) is 3.95. The predicted octanol–water partition coefficient (Wildman–Crippen LogP) is 2.01. The standard InChI is InChI=1S/C13H20N6/c1-3-10-7-5-6-8-18(10)12-11-13(15-9-14-12)19(4-2)17-16-11/h9-10H,3-8H2,1-2H3/t10-/m1/s1. The van der Waals surface area contributed by atoms with Gasteiger partial charge in [0.05, 0.1) is 0 Å². The van der Waals surface area contributed by atoms with Crippen molar-refractivity contribution >= 4 is 17.0 Å². The third kappa shape index (κ3) is 2.05. The summed E-state index contributed by atoms with van der Waals surface area (Å²) in [5.74, 6) is 0.955. The molecular formula is C13H20N6. The minimum absolute atomic E-state index is 0.568. The quantitative estimate of drug-likeness (QED) is 0.845. The summed E-state index contributed by atoms with van der Waals surface area (Å²) in [6.45, 7) is 6.13. The first kappa shape index (κ1) is 12.3. The molecule has 3 rings (SSSR count). The molecule has 1 fully saturated rings. The molecule has 0 bridgehead atoms. The molecule has 0 radical (unpaired) electrons. The van der Waals surface area contributed by atoms with Crippen LogP contribution in [-0.2, 0) is 6.54 Å². The van der Waals surface area contributed by atoms with Crippen LogP contribution >= 0.6 is 0 Å². The van der Waals surface area contributed by atoms with Crippen LogP contribution in [0.2, 0.25) is 0 Å². The molecular weight excluding hydrogens is 240 g/mol. The lowest BCUT2D eigenvalue weighted by Gasteiger charge is -2.36. The topological polar surface area (TPSA) is 59.7 Å². The summed E-state index contributed by atoms with van der Waals surface area (Å²) in [6, 6.07) is 0.568. The number of hydrogen-bond acceptors (Lipinski definition) is 5. The van der Waals surface area contributed by atoms with Gasteiger partial charge < -0.3 is 4.90 Å². The Labute approximate surface area is 112 Å². The monoisotopic (exact) mass is 260 g/mol. The van der Waals surface area contributed by atoms with Gasteiger partial charge in [0.15, 0.2) is 17.0 Å². The largest absolute Gasteiger partial charge is 0.352 e. The van der Waals surface area contributed by atoms with E-state index in [1.165, 1.54) is 19.3 Å². The van der Waals surface area contributed by atoms with E-state index in [0.717, 1.165) is 36.5 Å². The Hall–Kier alpha value is -1.72. The van der Waals surface area contributed by atoms with Crippen molar-refractivity contribution in [3.05, 3.63) is 6.33 Å². The number of hydrogen-bond donors (Lipinski definition) is 0. The van der Waals surface area contributed by atoms with E-state index in [1.807, 2.05) is 11.6 Å². The lowest BCUT2D eigenvalue weighted by Crippen LogP contribution is -2.39. The highest BCUT2D eigenvalue weighted by Gasteiger charge is 2.25. The summed E-state index contributed by atoms with van der Waals surface area (Å²) in [7, 11) is 0. The molecule has 1 atom stereocenters. The lowest BCUT2D eigenvalue weighted by atomic mass is 10.00. The van der Waals surface area contributed by atoms with Crippen LogP contribution in [-0.4, -0.2) is 37.5 Å². The predicted molar refractivity (Wildman–Crippen MR) is 74.1 cm³/mol. The van der Waals surface area contributed by atoms with Crippen LogP contribution < -0.4 is 4.90 Å². The maximum atomic E-state index is 4.48. The Morgan fingerprint density at radius 2 is 2.16 bits per heavy atom. The molecule has 0 amide bonds. The molecule has 6 heteroatoms. The molecule has 0 unspecified atom stereocenters. The third-order valence-electron chi connectivity index (χ3n) is 3.95. The maximum absolute atomic E-state index is 4.48. The Bertz CT molecular complexity index is 563. The van der Waals surface area contributed by atoms with Crippen LogP contribution in [0.3, 0.4) is 0 Å². The van der Waals surface area contributed by atoms with E-state index in [9.17, 15) is 0 Å². The van der Waals surface area contributed by atoms with E-state index in [4.69, 9.17) is 0 Å². The number of fused-ring (bicyclic) bond motifs is 1. The van der Waals surface area contributed by atoms with E-state index >= 15 is 0 Å². The molecule has 0 saturated carbocycles. The fourth-order valence-electron chi connectivity index (χ4n) is 2.91. The zero-order chi connectivity index (χ0) is 13.2. The summed E-state index contributed by atoms with van der Waals surface area (Å²) < 4.78 is 1.82. The smallest absolute Gasteiger partial charge is 0.183 e. The Morgan fingerprint density at radius 3 is 2.95 bits per heavy atom. The van der Waals surface area contributed by atoms with E-state index < -0.39 is 0 Å². The summed E-state index contributed by atoms with van der Waals surface area (Å²) in [5.41, 5.74) is 1.68. The maximum Gasteiger partial charge on any atom is 0.183 e. The molecule has 1 aliphatic rings. The van der Waals surface area contributed by atoms with Crippen molar-refractivity contribution in [1.29, 1.82) is 0 Å². The van der Waals surface area contributed by atoms with Gasteiger partial charge in [0.1, 0.15) is 6.33 Å². The Kier molecular flexibility index (Phi) is 3.31. The molecule has 2 aromatic heterocycles. The molecule has 2 aromatic rings. The van der Waals surface area contributed by atoms with Crippen LogP contribution in [0.1, 0.15) is 39.5 Å². The SMILES string of the molecule is CC[C@@H]1CCCCN1c1ncnc2c1nnn2CC. The molecule has 6 nitrogen and oxygen atoms in total. The number of anilines is 1. The van der Waals surface area contributed by atoms with Gasteiger partial charge in [-0.2, -0.15) is 0 Å². The molecule has 102 valence electrons. The van der Waals surface area contributed by atoms with Crippen molar-refractivity contribution in [2.45, 2.75) is 52.1 Å².